The van der Waals surface area contributed by atoms with Gasteiger partial charge in [-0.1, -0.05) is 31.5 Å². The number of rotatable bonds is 3. The van der Waals surface area contributed by atoms with Gasteiger partial charge in [0.25, 0.3) is 0 Å². The van der Waals surface area contributed by atoms with Crippen molar-refractivity contribution in [3.63, 3.8) is 0 Å². The van der Waals surface area contributed by atoms with Crippen LogP contribution >= 0.6 is 12.2 Å². The van der Waals surface area contributed by atoms with E-state index in [1.807, 2.05) is 24.5 Å². The highest BCUT2D eigenvalue weighted by Crippen LogP contribution is 2.17. The summed E-state index contributed by atoms with van der Waals surface area (Å²) in [5.74, 6) is 0. The van der Waals surface area contributed by atoms with E-state index in [1.165, 1.54) is 37.7 Å². The van der Waals surface area contributed by atoms with Crippen LogP contribution in [-0.2, 0) is 6.42 Å². The van der Waals surface area contributed by atoms with E-state index in [9.17, 15) is 0 Å². The van der Waals surface area contributed by atoms with Crippen LogP contribution in [0, 0.1) is 0 Å². The molecule has 0 radical (unpaired) electrons. The molecule has 1 heterocycles. The van der Waals surface area contributed by atoms with E-state index in [4.69, 9.17) is 12.2 Å². The minimum Gasteiger partial charge on any atom is -0.377 e. The van der Waals surface area contributed by atoms with Gasteiger partial charge in [-0.3, -0.25) is 4.98 Å². The SMILES string of the molecule is S=C(Cc1ccncc1)NC1CCCCC1. The van der Waals surface area contributed by atoms with Crippen molar-refractivity contribution >= 4 is 17.2 Å². The average molecular weight is 234 g/mol. The van der Waals surface area contributed by atoms with Gasteiger partial charge in [-0.05, 0) is 30.5 Å². The number of hydrogen-bond acceptors (Lipinski definition) is 2. The Hall–Kier alpha value is -0.960. The molecule has 1 saturated carbocycles. The first kappa shape index (κ1) is 11.5. The van der Waals surface area contributed by atoms with Crippen LogP contribution in [0.3, 0.4) is 0 Å². The maximum atomic E-state index is 5.39. The normalized spacial score (nSPS) is 17.0. The van der Waals surface area contributed by atoms with Crippen LogP contribution in [0.4, 0.5) is 0 Å². The van der Waals surface area contributed by atoms with Gasteiger partial charge >= 0.3 is 0 Å². The zero-order valence-electron chi connectivity index (χ0n) is 9.48. The Bertz CT molecular complexity index is 331. The molecule has 0 bridgehead atoms. The third kappa shape index (κ3) is 3.56. The molecule has 0 unspecified atom stereocenters. The standard InChI is InChI=1S/C13H18N2S/c16-13(10-11-6-8-14-9-7-11)15-12-4-2-1-3-5-12/h6-9,12H,1-5,10H2,(H,15,16). The second-order valence-corrected chi connectivity index (χ2v) is 4.93. The summed E-state index contributed by atoms with van der Waals surface area (Å²) >= 11 is 5.39. The molecule has 2 nitrogen and oxygen atoms in total. The third-order valence-corrected chi connectivity index (χ3v) is 3.35. The molecule has 0 aromatic carbocycles. The van der Waals surface area contributed by atoms with Crippen molar-refractivity contribution in [1.82, 2.24) is 10.3 Å². The lowest BCUT2D eigenvalue weighted by atomic mass is 9.95. The second-order valence-electron chi connectivity index (χ2n) is 4.43. The number of hydrogen-bond donors (Lipinski definition) is 1. The Morgan fingerprint density at radius 2 is 1.94 bits per heavy atom. The lowest BCUT2D eigenvalue weighted by Crippen LogP contribution is -2.36. The van der Waals surface area contributed by atoms with Crippen molar-refractivity contribution in [3.8, 4) is 0 Å². The zero-order valence-corrected chi connectivity index (χ0v) is 10.3. The molecule has 1 N–H and O–H groups in total. The first-order valence-electron chi connectivity index (χ1n) is 6.03. The summed E-state index contributed by atoms with van der Waals surface area (Å²) in [5, 5.41) is 3.48. The highest BCUT2D eigenvalue weighted by atomic mass is 32.1. The Labute approximate surface area is 102 Å². The largest absolute Gasteiger partial charge is 0.377 e. The summed E-state index contributed by atoms with van der Waals surface area (Å²) in [6.45, 7) is 0. The fourth-order valence-electron chi connectivity index (χ4n) is 2.21. The Morgan fingerprint density at radius 1 is 1.25 bits per heavy atom. The molecule has 1 aromatic rings. The molecule has 0 atom stereocenters. The smallest absolute Gasteiger partial charge is 0.0799 e. The first-order chi connectivity index (χ1) is 7.84. The zero-order chi connectivity index (χ0) is 11.2. The van der Waals surface area contributed by atoms with Gasteiger partial charge in [0.1, 0.15) is 0 Å². The van der Waals surface area contributed by atoms with Gasteiger partial charge in [0.15, 0.2) is 0 Å². The molecular weight excluding hydrogens is 216 g/mol. The van der Waals surface area contributed by atoms with Gasteiger partial charge in [0.05, 0.1) is 4.99 Å². The molecule has 86 valence electrons. The summed E-state index contributed by atoms with van der Waals surface area (Å²) in [6.07, 6.45) is 11.1. The molecule has 0 spiro atoms. The van der Waals surface area contributed by atoms with E-state index in [1.54, 1.807) is 0 Å². The molecule has 0 aliphatic heterocycles. The van der Waals surface area contributed by atoms with E-state index >= 15 is 0 Å². The minimum absolute atomic E-state index is 0.614. The Balaban J connectivity index is 1.80. The van der Waals surface area contributed by atoms with Crippen molar-refractivity contribution in [3.05, 3.63) is 30.1 Å². The lowest BCUT2D eigenvalue weighted by Gasteiger charge is -2.24. The van der Waals surface area contributed by atoms with Crippen molar-refractivity contribution in [2.75, 3.05) is 0 Å². The number of aromatic nitrogens is 1. The van der Waals surface area contributed by atoms with Gasteiger partial charge in [-0.2, -0.15) is 0 Å². The molecule has 3 heteroatoms. The Kier molecular flexibility index (Phi) is 4.28. The highest BCUT2D eigenvalue weighted by Gasteiger charge is 2.13. The van der Waals surface area contributed by atoms with Crippen LogP contribution in [0.25, 0.3) is 0 Å². The van der Waals surface area contributed by atoms with Crippen LogP contribution in [-0.4, -0.2) is 16.0 Å². The second kappa shape index (κ2) is 5.94. The van der Waals surface area contributed by atoms with Crippen molar-refractivity contribution in [2.24, 2.45) is 0 Å². The fourth-order valence-corrected chi connectivity index (χ4v) is 2.54. The number of nitrogens with one attached hydrogen (secondary N) is 1. The lowest BCUT2D eigenvalue weighted by molar-refractivity contribution is 0.414. The van der Waals surface area contributed by atoms with Crippen LogP contribution in [0.5, 0.6) is 0 Å². The highest BCUT2D eigenvalue weighted by molar-refractivity contribution is 7.80. The van der Waals surface area contributed by atoms with Crippen LogP contribution in [0.15, 0.2) is 24.5 Å². The van der Waals surface area contributed by atoms with E-state index in [2.05, 4.69) is 10.3 Å². The molecule has 2 rings (SSSR count). The molecule has 1 fully saturated rings. The summed E-state index contributed by atoms with van der Waals surface area (Å²) in [6, 6.07) is 4.66. The fraction of sp³-hybridized carbons (Fsp3) is 0.538. The van der Waals surface area contributed by atoms with Crippen molar-refractivity contribution < 1.29 is 0 Å². The van der Waals surface area contributed by atoms with E-state index < -0.39 is 0 Å². The van der Waals surface area contributed by atoms with Gasteiger partial charge in [-0.15, -0.1) is 0 Å². The summed E-state index contributed by atoms with van der Waals surface area (Å²) in [5.41, 5.74) is 1.24. The predicted molar refractivity (Wildman–Crippen MR) is 70.5 cm³/mol. The van der Waals surface area contributed by atoms with Crippen LogP contribution < -0.4 is 5.32 Å². The minimum atomic E-state index is 0.614. The maximum absolute atomic E-state index is 5.39. The van der Waals surface area contributed by atoms with Gasteiger partial charge in [0.2, 0.25) is 0 Å². The maximum Gasteiger partial charge on any atom is 0.0799 e. The third-order valence-electron chi connectivity index (χ3n) is 3.08. The molecule has 0 saturated heterocycles. The quantitative estimate of drug-likeness (QED) is 0.814. The first-order valence-corrected chi connectivity index (χ1v) is 6.44. The average Bonchev–Trinajstić information content (AvgIpc) is 2.31. The Morgan fingerprint density at radius 3 is 2.62 bits per heavy atom. The van der Waals surface area contributed by atoms with E-state index in [0.29, 0.717) is 6.04 Å². The number of thiocarbonyl (C=S) groups is 1. The monoisotopic (exact) mass is 234 g/mol. The van der Waals surface area contributed by atoms with E-state index in [0.717, 1.165) is 11.4 Å². The molecule has 1 aliphatic rings. The number of nitrogens with zero attached hydrogens (tertiary/aromatic N) is 1. The summed E-state index contributed by atoms with van der Waals surface area (Å²) in [7, 11) is 0. The van der Waals surface area contributed by atoms with Gasteiger partial charge < -0.3 is 5.32 Å². The molecule has 1 aliphatic carbocycles. The molecular formula is C13H18N2S. The summed E-state index contributed by atoms with van der Waals surface area (Å²) in [4.78, 5) is 4.98. The number of pyridine rings is 1. The van der Waals surface area contributed by atoms with Gasteiger partial charge in [0, 0.05) is 24.9 Å². The molecule has 16 heavy (non-hydrogen) atoms. The van der Waals surface area contributed by atoms with E-state index in [-0.39, 0.29) is 0 Å². The van der Waals surface area contributed by atoms with Crippen LogP contribution in [0.1, 0.15) is 37.7 Å². The van der Waals surface area contributed by atoms with Gasteiger partial charge in [-0.25, -0.2) is 0 Å². The molecule has 1 aromatic heterocycles. The molecule has 0 amide bonds. The van der Waals surface area contributed by atoms with Crippen molar-refractivity contribution in [1.29, 1.82) is 0 Å². The predicted octanol–water partition coefficient (Wildman–Crippen LogP) is 2.87. The summed E-state index contributed by atoms with van der Waals surface area (Å²) < 4.78 is 0. The topological polar surface area (TPSA) is 24.9 Å². The van der Waals surface area contributed by atoms with Crippen molar-refractivity contribution in [2.45, 2.75) is 44.6 Å². The van der Waals surface area contributed by atoms with Crippen LogP contribution in [0.2, 0.25) is 0 Å².